The summed E-state index contributed by atoms with van der Waals surface area (Å²) in [4.78, 5) is 20.6. The molecule has 8 heteroatoms. The second-order valence-electron chi connectivity index (χ2n) is 4.59. The van der Waals surface area contributed by atoms with Crippen LogP contribution in [0.4, 0.5) is 11.5 Å². The third-order valence-corrected chi connectivity index (χ3v) is 4.22. The van der Waals surface area contributed by atoms with Gasteiger partial charge in [-0.1, -0.05) is 35.0 Å². The van der Waals surface area contributed by atoms with Crippen LogP contribution < -0.4 is 11.1 Å². The van der Waals surface area contributed by atoms with Gasteiger partial charge in [-0.2, -0.15) is 0 Å². The van der Waals surface area contributed by atoms with E-state index in [1.807, 2.05) is 6.92 Å². The number of carbonyl (C=O) groups excluding carboxylic acids is 1. The summed E-state index contributed by atoms with van der Waals surface area (Å²) in [6.07, 6.45) is 0. The Labute approximate surface area is 142 Å². The van der Waals surface area contributed by atoms with Gasteiger partial charge in [0.05, 0.1) is 16.0 Å². The molecule has 0 unspecified atom stereocenters. The fourth-order valence-electron chi connectivity index (χ4n) is 1.66. The van der Waals surface area contributed by atoms with Crippen LogP contribution in [0.25, 0.3) is 0 Å². The molecule has 2 rings (SSSR count). The van der Waals surface area contributed by atoms with Gasteiger partial charge in [0.15, 0.2) is 5.16 Å². The van der Waals surface area contributed by atoms with E-state index in [1.54, 1.807) is 31.2 Å². The van der Waals surface area contributed by atoms with Gasteiger partial charge in [0, 0.05) is 16.8 Å². The van der Waals surface area contributed by atoms with Crippen molar-refractivity contribution in [3.8, 4) is 0 Å². The molecule has 3 N–H and O–H groups in total. The second kappa shape index (κ2) is 7.17. The molecule has 1 heterocycles. The number of nitrogens with zero attached hydrogens (tertiary/aromatic N) is 2. The fraction of sp³-hybridized carbons (Fsp3) is 0.214. The molecular formula is C14H14Cl2N4OS. The van der Waals surface area contributed by atoms with E-state index in [0.717, 1.165) is 5.69 Å². The van der Waals surface area contributed by atoms with Crippen LogP contribution in [0.2, 0.25) is 10.0 Å². The SMILES string of the molecule is Cc1cc(N)nc(S[C@@H](C)C(=O)Nc2cc(Cl)ccc2Cl)n1. The predicted molar refractivity (Wildman–Crippen MR) is 91.6 cm³/mol. The Bertz CT molecular complexity index is 691. The van der Waals surface area contributed by atoms with Crippen molar-refractivity contribution in [1.29, 1.82) is 0 Å². The van der Waals surface area contributed by atoms with Crippen molar-refractivity contribution in [3.63, 3.8) is 0 Å². The van der Waals surface area contributed by atoms with E-state index in [9.17, 15) is 4.79 Å². The lowest BCUT2D eigenvalue weighted by Gasteiger charge is -2.12. The largest absolute Gasteiger partial charge is 0.384 e. The lowest BCUT2D eigenvalue weighted by Crippen LogP contribution is -2.23. The molecule has 0 fully saturated rings. The molecule has 1 atom stereocenters. The van der Waals surface area contributed by atoms with Gasteiger partial charge >= 0.3 is 0 Å². The topological polar surface area (TPSA) is 80.9 Å². The average Bonchev–Trinajstić information content (AvgIpc) is 2.41. The van der Waals surface area contributed by atoms with Crippen LogP contribution in [0.15, 0.2) is 29.4 Å². The number of hydrogen-bond acceptors (Lipinski definition) is 5. The van der Waals surface area contributed by atoms with Crippen molar-refractivity contribution in [1.82, 2.24) is 9.97 Å². The zero-order chi connectivity index (χ0) is 16.3. The number of amides is 1. The Balaban J connectivity index is 2.07. The molecule has 5 nitrogen and oxygen atoms in total. The van der Waals surface area contributed by atoms with Crippen LogP contribution in [0, 0.1) is 6.92 Å². The Hall–Kier alpha value is -1.50. The van der Waals surface area contributed by atoms with Gasteiger partial charge in [0.2, 0.25) is 5.91 Å². The van der Waals surface area contributed by atoms with Crippen LogP contribution in [-0.2, 0) is 4.79 Å². The molecule has 0 aliphatic rings. The van der Waals surface area contributed by atoms with E-state index in [4.69, 9.17) is 28.9 Å². The summed E-state index contributed by atoms with van der Waals surface area (Å²) in [6.45, 7) is 3.57. The van der Waals surface area contributed by atoms with Crippen molar-refractivity contribution in [2.45, 2.75) is 24.3 Å². The number of aromatic nitrogens is 2. The van der Waals surface area contributed by atoms with Crippen molar-refractivity contribution >= 4 is 52.4 Å². The lowest BCUT2D eigenvalue weighted by molar-refractivity contribution is -0.115. The Morgan fingerprint density at radius 1 is 1.32 bits per heavy atom. The summed E-state index contributed by atoms with van der Waals surface area (Å²) in [7, 11) is 0. The van der Waals surface area contributed by atoms with Crippen LogP contribution >= 0.6 is 35.0 Å². The number of aryl methyl sites for hydroxylation is 1. The van der Waals surface area contributed by atoms with Crippen LogP contribution in [0.1, 0.15) is 12.6 Å². The quantitative estimate of drug-likeness (QED) is 0.643. The highest BCUT2D eigenvalue weighted by molar-refractivity contribution is 8.00. The second-order valence-corrected chi connectivity index (χ2v) is 6.74. The zero-order valence-corrected chi connectivity index (χ0v) is 14.3. The van der Waals surface area contributed by atoms with Crippen molar-refractivity contribution in [2.75, 3.05) is 11.1 Å². The minimum absolute atomic E-state index is 0.224. The molecular weight excluding hydrogens is 343 g/mol. The van der Waals surface area contributed by atoms with E-state index < -0.39 is 5.25 Å². The molecule has 0 saturated heterocycles. The fourth-order valence-corrected chi connectivity index (χ4v) is 2.83. The molecule has 1 aromatic heterocycles. The third kappa shape index (κ3) is 4.50. The van der Waals surface area contributed by atoms with Gasteiger partial charge in [-0.05, 0) is 32.0 Å². The van der Waals surface area contributed by atoms with Gasteiger partial charge in [-0.25, -0.2) is 9.97 Å². The molecule has 0 radical (unpaired) electrons. The van der Waals surface area contributed by atoms with Crippen molar-refractivity contribution in [3.05, 3.63) is 40.0 Å². The first-order valence-corrected chi connectivity index (χ1v) is 8.02. The van der Waals surface area contributed by atoms with Gasteiger partial charge in [0.1, 0.15) is 5.82 Å². The van der Waals surface area contributed by atoms with E-state index in [-0.39, 0.29) is 5.91 Å². The van der Waals surface area contributed by atoms with E-state index in [2.05, 4.69) is 15.3 Å². The number of carbonyl (C=O) groups is 1. The monoisotopic (exact) mass is 356 g/mol. The molecule has 1 aromatic carbocycles. The molecule has 22 heavy (non-hydrogen) atoms. The smallest absolute Gasteiger partial charge is 0.237 e. The normalized spacial score (nSPS) is 12.0. The number of rotatable bonds is 4. The number of thioether (sulfide) groups is 1. The molecule has 0 bridgehead atoms. The highest BCUT2D eigenvalue weighted by atomic mass is 35.5. The summed E-state index contributed by atoms with van der Waals surface area (Å²) in [5, 5.41) is 3.69. The third-order valence-electron chi connectivity index (χ3n) is 2.69. The first kappa shape index (κ1) is 16.9. The summed E-state index contributed by atoms with van der Waals surface area (Å²) in [5.74, 6) is 0.151. The highest BCUT2D eigenvalue weighted by Crippen LogP contribution is 2.27. The van der Waals surface area contributed by atoms with Crippen molar-refractivity contribution in [2.24, 2.45) is 0 Å². The van der Waals surface area contributed by atoms with Crippen LogP contribution in [0.3, 0.4) is 0 Å². The number of hydrogen-bond donors (Lipinski definition) is 2. The first-order valence-electron chi connectivity index (χ1n) is 6.39. The first-order chi connectivity index (χ1) is 10.3. The van der Waals surface area contributed by atoms with Crippen LogP contribution in [-0.4, -0.2) is 21.1 Å². The maximum Gasteiger partial charge on any atom is 0.237 e. The number of nitrogens with two attached hydrogens (primary N) is 1. The summed E-state index contributed by atoms with van der Waals surface area (Å²) in [5.41, 5.74) is 6.89. The maximum atomic E-state index is 12.2. The minimum atomic E-state index is -0.420. The number of benzene rings is 1. The number of halogens is 2. The van der Waals surface area contributed by atoms with Gasteiger partial charge in [-0.3, -0.25) is 4.79 Å². The molecule has 0 saturated carbocycles. The van der Waals surface area contributed by atoms with E-state index in [0.29, 0.717) is 26.7 Å². The number of nitrogens with one attached hydrogen (secondary N) is 1. The molecule has 0 aliphatic heterocycles. The highest BCUT2D eigenvalue weighted by Gasteiger charge is 2.17. The molecule has 116 valence electrons. The zero-order valence-electron chi connectivity index (χ0n) is 11.9. The van der Waals surface area contributed by atoms with Gasteiger partial charge in [0.25, 0.3) is 0 Å². The Morgan fingerprint density at radius 2 is 2.05 bits per heavy atom. The maximum absolute atomic E-state index is 12.2. The van der Waals surface area contributed by atoms with E-state index in [1.165, 1.54) is 11.8 Å². The summed E-state index contributed by atoms with van der Waals surface area (Å²) >= 11 is 13.1. The van der Waals surface area contributed by atoms with Gasteiger partial charge in [-0.15, -0.1) is 0 Å². The Kier molecular flexibility index (Phi) is 5.50. The Morgan fingerprint density at radius 3 is 2.73 bits per heavy atom. The van der Waals surface area contributed by atoms with Gasteiger partial charge < -0.3 is 11.1 Å². The van der Waals surface area contributed by atoms with Crippen molar-refractivity contribution < 1.29 is 4.79 Å². The molecule has 1 amide bonds. The lowest BCUT2D eigenvalue weighted by atomic mass is 10.3. The average molecular weight is 357 g/mol. The number of anilines is 2. The predicted octanol–water partition coefficient (Wildman–Crippen LogP) is 3.79. The summed E-state index contributed by atoms with van der Waals surface area (Å²) in [6, 6.07) is 6.55. The summed E-state index contributed by atoms with van der Waals surface area (Å²) < 4.78 is 0. The molecule has 0 spiro atoms. The minimum Gasteiger partial charge on any atom is -0.384 e. The number of nitrogen functional groups attached to an aromatic ring is 1. The van der Waals surface area contributed by atoms with Crippen LogP contribution in [0.5, 0.6) is 0 Å². The van der Waals surface area contributed by atoms with E-state index >= 15 is 0 Å². The molecule has 0 aliphatic carbocycles. The molecule has 2 aromatic rings. The standard InChI is InChI=1S/C14H14Cl2N4OS/c1-7-5-12(17)20-14(18-7)22-8(2)13(21)19-11-6-9(15)3-4-10(11)16/h3-6,8H,1-2H3,(H,19,21)(H2,17,18,20)/t8-/m0/s1.